The monoisotopic (exact) mass is 354 g/mol. The number of anilines is 2. The van der Waals surface area contributed by atoms with Gasteiger partial charge in [0.25, 0.3) is 5.91 Å². The van der Waals surface area contributed by atoms with Gasteiger partial charge in [-0.2, -0.15) is 0 Å². The largest absolute Gasteiger partial charge is 0.370 e. The van der Waals surface area contributed by atoms with Crippen molar-refractivity contribution in [1.82, 2.24) is 9.88 Å². The number of hydrogen-bond donors (Lipinski definition) is 2. The Hall–Kier alpha value is -2.40. The highest BCUT2D eigenvalue weighted by atomic mass is 16.1. The molecule has 1 aromatic heterocycles. The molecule has 0 saturated heterocycles. The van der Waals surface area contributed by atoms with Gasteiger partial charge in [-0.3, -0.25) is 4.79 Å². The zero-order valence-corrected chi connectivity index (χ0v) is 16.5. The zero-order valence-electron chi connectivity index (χ0n) is 16.5. The highest BCUT2D eigenvalue weighted by Gasteiger charge is 2.19. The summed E-state index contributed by atoms with van der Waals surface area (Å²) in [5.74, 6) is 0.642. The maximum Gasteiger partial charge on any atom is 0.257 e. The van der Waals surface area contributed by atoms with Crippen LogP contribution in [0, 0.1) is 0 Å². The normalized spacial score (nSPS) is 11.5. The first-order valence-corrected chi connectivity index (χ1v) is 9.03. The fraction of sp³-hybridized carbons (Fsp3) is 0.429. The van der Waals surface area contributed by atoms with Crippen LogP contribution in [0.3, 0.4) is 0 Å². The van der Waals surface area contributed by atoms with Gasteiger partial charge in [0, 0.05) is 18.4 Å². The summed E-state index contributed by atoms with van der Waals surface area (Å²) in [6.45, 7) is 8.29. The molecule has 0 fully saturated rings. The molecule has 26 heavy (non-hydrogen) atoms. The number of rotatable bonds is 7. The van der Waals surface area contributed by atoms with Crippen LogP contribution >= 0.6 is 0 Å². The summed E-state index contributed by atoms with van der Waals surface area (Å²) in [4.78, 5) is 19.1. The van der Waals surface area contributed by atoms with Gasteiger partial charge in [0.1, 0.15) is 5.82 Å². The van der Waals surface area contributed by atoms with E-state index < -0.39 is 0 Å². The summed E-state index contributed by atoms with van der Waals surface area (Å²) in [7, 11) is 4.12. The van der Waals surface area contributed by atoms with Crippen molar-refractivity contribution < 1.29 is 4.79 Å². The molecule has 0 atom stereocenters. The molecular weight excluding hydrogens is 324 g/mol. The summed E-state index contributed by atoms with van der Waals surface area (Å²) in [5, 5.41) is 6.29. The van der Waals surface area contributed by atoms with Gasteiger partial charge in [0.05, 0.1) is 5.56 Å². The highest BCUT2D eigenvalue weighted by Crippen LogP contribution is 2.29. The number of aromatic nitrogens is 1. The number of para-hydroxylation sites is 1. The summed E-state index contributed by atoms with van der Waals surface area (Å²) >= 11 is 0. The predicted octanol–water partition coefficient (Wildman–Crippen LogP) is 4.00. The number of hydrogen-bond acceptors (Lipinski definition) is 4. The van der Waals surface area contributed by atoms with Crippen LogP contribution in [0.25, 0.3) is 0 Å². The van der Waals surface area contributed by atoms with Crippen molar-refractivity contribution in [2.24, 2.45) is 0 Å². The van der Waals surface area contributed by atoms with Gasteiger partial charge >= 0.3 is 0 Å². The first kappa shape index (κ1) is 19.9. The molecule has 0 saturated carbocycles. The Kier molecular flexibility index (Phi) is 6.75. The molecule has 5 nitrogen and oxygen atoms in total. The average molecular weight is 354 g/mol. The maximum absolute atomic E-state index is 12.6. The third-order valence-electron chi connectivity index (χ3n) is 4.10. The van der Waals surface area contributed by atoms with Gasteiger partial charge in [0.15, 0.2) is 0 Å². The van der Waals surface area contributed by atoms with E-state index >= 15 is 0 Å². The minimum Gasteiger partial charge on any atom is -0.370 e. The third-order valence-corrected chi connectivity index (χ3v) is 4.10. The molecule has 1 aromatic carbocycles. The van der Waals surface area contributed by atoms with Gasteiger partial charge in [-0.15, -0.1) is 0 Å². The van der Waals surface area contributed by atoms with Crippen molar-refractivity contribution >= 4 is 17.4 Å². The molecule has 0 aliphatic carbocycles. The molecule has 5 heteroatoms. The Balaban J connectivity index is 1.99. The second kappa shape index (κ2) is 8.81. The van der Waals surface area contributed by atoms with Gasteiger partial charge < -0.3 is 15.5 Å². The van der Waals surface area contributed by atoms with Crippen molar-refractivity contribution in [3.63, 3.8) is 0 Å². The lowest BCUT2D eigenvalue weighted by Gasteiger charge is -2.23. The lowest BCUT2D eigenvalue weighted by Crippen LogP contribution is -2.19. The van der Waals surface area contributed by atoms with Crippen molar-refractivity contribution in [1.29, 1.82) is 0 Å². The first-order chi connectivity index (χ1) is 12.3. The maximum atomic E-state index is 12.6. The van der Waals surface area contributed by atoms with Crippen LogP contribution in [0.4, 0.5) is 11.5 Å². The smallest absolute Gasteiger partial charge is 0.257 e. The molecule has 1 amide bonds. The highest BCUT2D eigenvalue weighted by molar-refractivity contribution is 6.04. The van der Waals surface area contributed by atoms with Crippen LogP contribution in [-0.4, -0.2) is 43.0 Å². The van der Waals surface area contributed by atoms with E-state index in [4.69, 9.17) is 0 Å². The van der Waals surface area contributed by atoms with Crippen molar-refractivity contribution in [2.75, 3.05) is 37.8 Å². The lowest BCUT2D eigenvalue weighted by molar-refractivity contribution is 0.102. The first-order valence-electron chi connectivity index (χ1n) is 9.03. The van der Waals surface area contributed by atoms with Crippen LogP contribution in [-0.2, 0) is 5.41 Å². The van der Waals surface area contributed by atoms with Crippen LogP contribution in [0.2, 0.25) is 0 Å². The van der Waals surface area contributed by atoms with Crippen molar-refractivity contribution in [3.05, 3.63) is 53.7 Å². The standard InChI is InChI=1S/C21H30N4O/c1-21(2,3)17-9-6-7-10-18(17)24-20(26)16-11-12-19(23-15-16)22-13-8-14-25(4)5/h6-7,9-12,15H,8,13-14H2,1-5H3,(H,22,23)(H,24,26). The van der Waals surface area contributed by atoms with Crippen molar-refractivity contribution in [2.45, 2.75) is 32.6 Å². The molecule has 0 aliphatic heterocycles. The Morgan fingerprint density at radius 1 is 1.12 bits per heavy atom. The molecule has 0 unspecified atom stereocenters. The van der Waals surface area contributed by atoms with E-state index in [1.165, 1.54) is 0 Å². The minimum absolute atomic E-state index is 0.0392. The molecule has 2 rings (SSSR count). The van der Waals surface area contributed by atoms with Gasteiger partial charge in [0.2, 0.25) is 0 Å². The van der Waals surface area contributed by atoms with Crippen molar-refractivity contribution in [3.8, 4) is 0 Å². The number of benzene rings is 1. The van der Waals surface area contributed by atoms with Gasteiger partial charge in [-0.1, -0.05) is 39.0 Å². The second-order valence-corrected chi connectivity index (χ2v) is 7.77. The third kappa shape index (κ3) is 5.85. The SMILES string of the molecule is CN(C)CCCNc1ccc(C(=O)Nc2ccccc2C(C)(C)C)cn1. The van der Waals surface area contributed by atoms with E-state index in [0.717, 1.165) is 36.6 Å². The van der Waals surface area contributed by atoms with E-state index in [1.54, 1.807) is 12.3 Å². The molecule has 2 N–H and O–H groups in total. The van der Waals surface area contributed by atoms with Gasteiger partial charge in [-0.25, -0.2) is 4.98 Å². The Bertz CT molecular complexity index is 718. The summed E-state index contributed by atoms with van der Waals surface area (Å²) in [6.07, 6.45) is 2.66. The summed E-state index contributed by atoms with van der Waals surface area (Å²) < 4.78 is 0. The van der Waals surface area contributed by atoms with Gasteiger partial charge in [-0.05, 0) is 56.2 Å². The zero-order chi connectivity index (χ0) is 19.2. The fourth-order valence-electron chi connectivity index (χ4n) is 2.69. The molecule has 0 spiro atoms. The molecule has 0 radical (unpaired) electrons. The Labute approximate surface area is 156 Å². The summed E-state index contributed by atoms with van der Waals surface area (Å²) in [6, 6.07) is 11.6. The number of carbonyl (C=O) groups is 1. The van der Waals surface area contributed by atoms with E-state index in [0.29, 0.717) is 5.56 Å². The van der Waals surface area contributed by atoms with Crippen LogP contribution in [0.5, 0.6) is 0 Å². The number of nitrogens with one attached hydrogen (secondary N) is 2. The van der Waals surface area contributed by atoms with Crippen LogP contribution in [0.15, 0.2) is 42.6 Å². The number of nitrogens with zero attached hydrogens (tertiary/aromatic N) is 2. The van der Waals surface area contributed by atoms with Crippen LogP contribution < -0.4 is 10.6 Å². The van der Waals surface area contributed by atoms with E-state index in [9.17, 15) is 4.79 Å². The molecule has 0 bridgehead atoms. The number of pyridine rings is 1. The quantitative estimate of drug-likeness (QED) is 0.738. The fourth-order valence-corrected chi connectivity index (χ4v) is 2.69. The minimum atomic E-state index is -0.145. The second-order valence-electron chi connectivity index (χ2n) is 7.77. The topological polar surface area (TPSA) is 57.3 Å². The molecule has 1 heterocycles. The number of carbonyl (C=O) groups excluding carboxylic acids is 1. The molecule has 2 aromatic rings. The Morgan fingerprint density at radius 3 is 2.46 bits per heavy atom. The average Bonchev–Trinajstić information content (AvgIpc) is 2.58. The van der Waals surface area contributed by atoms with E-state index in [-0.39, 0.29) is 11.3 Å². The van der Waals surface area contributed by atoms with E-state index in [2.05, 4.69) is 61.5 Å². The Morgan fingerprint density at radius 2 is 1.85 bits per heavy atom. The number of amides is 1. The summed E-state index contributed by atoms with van der Waals surface area (Å²) in [5.41, 5.74) is 2.46. The molecule has 0 aliphatic rings. The molecule has 140 valence electrons. The predicted molar refractivity (Wildman–Crippen MR) is 109 cm³/mol. The van der Waals surface area contributed by atoms with Crippen LogP contribution in [0.1, 0.15) is 43.1 Å². The lowest BCUT2D eigenvalue weighted by atomic mass is 9.86. The van der Waals surface area contributed by atoms with E-state index in [1.807, 2.05) is 24.3 Å². The molecular formula is C21H30N4O.